The van der Waals surface area contributed by atoms with Gasteiger partial charge in [-0.05, 0) is 12.0 Å². The number of carbonyl (C=O) groups is 1. The third-order valence-corrected chi connectivity index (χ3v) is 0.670. The summed E-state index contributed by atoms with van der Waals surface area (Å²) in [6, 6.07) is 3.63. The van der Waals surface area contributed by atoms with E-state index in [0.717, 1.165) is 6.26 Å². The standard InChI is InChI=1S/C5H3O3.2K/c6-5(7)4-2-1-3-8-4;;/h2-3H,(H,6,7);;/q-1;2*+1/p-1. The van der Waals surface area contributed by atoms with Gasteiger partial charge in [0.05, 0.1) is 0 Å². The van der Waals surface area contributed by atoms with E-state index in [1.165, 1.54) is 6.07 Å². The van der Waals surface area contributed by atoms with E-state index >= 15 is 0 Å². The molecule has 0 atom stereocenters. The van der Waals surface area contributed by atoms with Gasteiger partial charge in [-0.2, -0.15) is 6.07 Å². The fourth-order valence-corrected chi connectivity index (χ4v) is 0.348. The molecule has 0 aliphatic carbocycles. The summed E-state index contributed by atoms with van der Waals surface area (Å²) in [4.78, 5) is 9.84. The predicted octanol–water partition coefficient (Wildman–Crippen LogP) is -6.55. The van der Waals surface area contributed by atoms with Gasteiger partial charge in [0.1, 0.15) is 0 Å². The van der Waals surface area contributed by atoms with Crippen molar-refractivity contribution in [2.75, 3.05) is 0 Å². The van der Waals surface area contributed by atoms with Gasteiger partial charge in [-0.15, -0.1) is 0 Å². The van der Waals surface area contributed by atoms with Crippen molar-refractivity contribution in [1.82, 2.24) is 0 Å². The van der Waals surface area contributed by atoms with Gasteiger partial charge in [0, 0.05) is 5.97 Å². The fraction of sp³-hybridized carbons (Fsp3) is 0. The Hall–Kier alpha value is 2.02. The van der Waals surface area contributed by atoms with Crippen LogP contribution in [0.2, 0.25) is 0 Å². The summed E-state index contributed by atoms with van der Waals surface area (Å²) in [7, 11) is 0. The van der Waals surface area contributed by atoms with Crippen molar-refractivity contribution in [3.8, 4) is 0 Å². The Bertz CT molecular complexity index is 183. The van der Waals surface area contributed by atoms with Gasteiger partial charge < -0.3 is 14.3 Å². The molecule has 42 valence electrons. The largest absolute Gasteiger partial charge is 1.00 e. The molecule has 5 heteroatoms. The van der Waals surface area contributed by atoms with E-state index in [0.29, 0.717) is 0 Å². The Balaban J connectivity index is 0. The summed E-state index contributed by atoms with van der Waals surface area (Å²) < 4.78 is 4.38. The smallest absolute Gasteiger partial charge is 0.568 e. The quantitative estimate of drug-likeness (QED) is 0.325. The van der Waals surface area contributed by atoms with E-state index in [1.54, 1.807) is 0 Å². The molecular formula is C5H2K2O3. The van der Waals surface area contributed by atoms with Crippen molar-refractivity contribution in [2.24, 2.45) is 0 Å². The van der Waals surface area contributed by atoms with Gasteiger partial charge in [-0.3, -0.25) is 0 Å². The van der Waals surface area contributed by atoms with Gasteiger partial charge in [0.2, 0.25) is 0 Å². The zero-order valence-electron chi connectivity index (χ0n) is 5.88. The van der Waals surface area contributed by atoms with Crippen LogP contribution in [0.5, 0.6) is 0 Å². The third-order valence-electron chi connectivity index (χ3n) is 0.670. The van der Waals surface area contributed by atoms with E-state index < -0.39 is 5.97 Å². The van der Waals surface area contributed by atoms with Crippen molar-refractivity contribution in [2.45, 2.75) is 0 Å². The van der Waals surface area contributed by atoms with Gasteiger partial charge in [0.15, 0.2) is 0 Å². The minimum Gasteiger partial charge on any atom is -0.568 e. The average Bonchev–Trinajstić information content (AvgIpc) is 2.12. The molecule has 0 aromatic carbocycles. The molecule has 0 amide bonds. The summed E-state index contributed by atoms with van der Waals surface area (Å²) in [6.45, 7) is 0. The minimum atomic E-state index is -1.31. The molecule has 0 spiro atoms. The average molecular weight is 188 g/mol. The molecule has 0 unspecified atom stereocenters. The first kappa shape index (κ1) is 14.5. The van der Waals surface area contributed by atoms with Crippen LogP contribution in [0.1, 0.15) is 10.6 Å². The molecule has 0 N–H and O–H groups in total. The molecule has 0 saturated heterocycles. The van der Waals surface area contributed by atoms with Crippen molar-refractivity contribution in [1.29, 1.82) is 0 Å². The van der Waals surface area contributed by atoms with Crippen molar-refractivity contribution >= 4 is 5.97 Å². The molecule has 0 saturated carbocycles. The number of hydrogen-bond donors (Lipinski definition) is 0. The zero-order chi connectivity index (χ0) is 5.98. The van der Waals surface area contributed by atoms with E-state index in [1.807, 2.05) is 0 Å². The van der Waals surface area contributed by atoms with Crippen molar-refractivity contribution < 1.29 is 117 Å². The van der Waals surface area contributed by atoms with Crippen molar-refractivity contribution in [3.63, 3.8) is 0 Å². The maximum absolute atomic E-state index is 9.84. The molecule has 0 radical (unpaired) electrons. The number of hydrogen-bond acceptors (Lipinski definition) is 3. The monoisotopic (exact) mass is 188 g/mol. The van der Waals surface area contributed by atoms with Gasteiger partial charge >= 0.3 is 103 Å². The summed E-state index contributed by atoms with van der Waals surface area (Å²) >= 11 is 0. The molecule has 0 bridgehead atoms. The minimum absolute atomic E-state index is 0. The first-order valence-electron chi connectivity index (χ1n) is 1.96. The molecule has 3 nitrogen and oxygen atoms in total. The summed E-state index contributed by atoms with van der Waals surface area (Å²) in [6.07, 6.45) is 1.16. The number of carbonyl (C=O) groups excluding carboxylic acids is 1. The van der Waals surface area contributed by atoms with Crippen LogP contribution in [-0.2, 0) is 0 Å². The van der Waals surface area contributed by atoms with E-state index in [9.17, 15) is 9.90 Å². The van der Waals surface area contributed by atoms with Crippen LogP contribution in [0.3, 0.4) is 0 Å². The molecule has 10 heavy (non-hydrogen) atoms. The van der Waals surface area contributed by atoms with E-state index in [2.05, 4.69) is 10.5 Å². The third kappa shape index (κ3) is 4.81. The molecule has 1 rings (SSSR count). The summed E-state index contributed by atoms with van der Waals surface area (Å²) in [5, 5.41) is 9.84. The fourth-order valence-electron chi connectivity index (χ4n) is 0.348. The normalized spacial score (nSPS) is 7.20. The van der Waals surface area contributed by atoms with Crippen LogP contribution in [0.4, 0.5) is 0 Å². The molecule has 0 aliphatic heterocycles. The number of rotatable bonds is 1. The van der Waals surface area contributed by atoms with Gasteiger partial charge in [0.25, 0.3) is 0 Å². The topological polar surface area (TPSA) is 53.3 Å². The number of carboxylic acid groups (broad SMARTS) is 1. The van der Waals surface area contributed by atoms with Gasteiger partial charge in [-0.25, -0.2) is 6.07 Å². The maximum atomic E-state index is 9.84. The molecular weight excluding hydrogens is 186 g/mol. The maximum Gasteiger partial charge on any atom is 1.00 e. The Labute approximate surface area is 143 Å². The van der Waals surface area contributed by atoms with Crippen LogP contribution in [0, 0.1) is 6.07 Å². The van der Waals surface area contributed by atoms with Crippen LogP contribution in [0.25, 0.3) is 0 Å². The molecule has 1 aromatic rings. The SMILES string of the molecule is O=C([O-])c1c[c-]co1.[K+].[K+]. The predicted molar refractivity (Wildman–Crippen MR) is 21.9 cm³/mol. The Kier molecular flexibility index (Phi) is 11.1. The number of furan rings is 1. The molecule has 0 fully saturated rings. The first-order chi connectivity index (χ1) is 3.80. The summed E-state index contributed by atoms with van der Waals surface area (Å²) in [5.74, 6) is -1.50. The second-order valence-corrected chi connectivity index (χ2v) is 1.20. The molecule has 1 heterocycles. The zero-order valence-corrected chi connectivity index (χ0v) is 12.1. The van der Waals surface area contributed by atoms with Gasteiger partial charge in [-0.1, -0.05) is 0 Å². The van der Waals surface area contributed by atoms with Crippen LogP contribution < -0.4 is 108 Å². The second-order valence-electron chi connectivity index (χ2n) is 1.20. The first-order valence-corrected chi connectivity index (χ1v) is 1.96. The van der Waals surface area contributed by atoms with Crippen LogP contribution in [-0.4, -0.2) is 5.97 Å². The Morgan fingerprint density at radius 2 is 2.20 bits per heavy atom. The Morgan fingerprint density at radius 1 is 1.60 bits per heavy atom. The van der Waals surface area contributed by atoms with E-state index in [4.69, 9.17) is 0 Å². The van der Waals surface area contributed by atoms with E-state index in [-0.39, 0.29) is 109 Å². The summed E-state index contributed by atoms with van der Waals surface area (Å²) in [5.41, 5.74) is 0. The number of carboxylic acids is 1. The number of aromatic carboxylic acids is 1. The Morgan fingerprint density at radius 3 is 2.40 bits per heavy atom. The van der Waals surface area contributed by atoms with Crippen LogP contribution >= 0.6 is 0 Å². The van der Waals surface area contributed by atoms with Crippen LogP contribution in [0.15, 0.2) is 16.7 Å². The molecule has 0 aliphatic rings. The second kappa shape index (κ2) is 7.66. The molecule has 1 aromatic heterocycles. The van der Waals surface area contributed by atoms with Crippen molar-refractivity contribution in [3.05, 3.63) is 24.2 Å².